The second-order valence-electron chi connectivity index (χ2n) is 4.97. The highest BCUT2D eigenvalue weighted by molar-refractivity contribution is 5.29. The highest BCUT2D eigenvalue weighted by Gasteiger charge is 2.03. The molecule has 0 aliphatic heterocycles. The number of aliphatic hydroxyl groups excluding tert-OH is 1. The second kappa shape index (κ2) is 9.82. The zero-order valence-corrected chi connectivity index (χ0v) is 12.0. The van der Waals surface area contributed by atoms with Gasteiger partial charge in [0, 0.05) is 0 Å². The van der Waals surface area contributed by atoms with E-state index in [-0.39, 0.29) is 12.6 Å². The third-order valence-corrected chi connectivity index (χ3v) is 3.27. The monoisotopic (exact) mass is 265 g/mol. The van der Waals surface area contributed by atoms with Crippen LogP contribution >= 0.6 is 0 Å². The van der Waals surface area contributed by atoms with E-state index in [1.807, 2.05) is 24.3 Å². The highest BCUT2D eigenvalue weighted by Crippen LogP contribution is 2.16. The van der Waals surface area contributed by atoms with Crippen molar-refractivity contribution in [3.05, 3.63) is 29.8 Å². The first-order chi connectivity index (χ1) is 9.27. The Hall–Kier alpha value is -1.06. The zero-order chi connectivity index (χ0) is 13.9. The number of benzene rings is 1. The van der Waals surface area contributed by atoms with Crippen LogP contribution in [0.25, 0.3) is 0 Å². The molecule has 3 nitrogen and oxygen atoms in total. The van der Waals surface area contributed by atoms with E-state index < -0.39 is 0 Å². The lowest BCUT2D eigenvalue weighted by atomic mass is 10.1. The van der Waals surface area contributed by atoms with E-state index in [0.29, 0.717) is 0 Å². The van der Waals surface area contributed by atoms with Crippen molar-refractivity contribution in [1.29, 1.82) is 0 Å². The summed E-state index contributed by atoms with van der Waals surface area (Å²) in [4.78, 5) is 0. The van der Waals surface area contributed by atoms with Gasteiger partial charge in [-0.05, 0) is 24.1 Å². The summed E-state index contributed by atoms with van der Waals surface area (Å²) in [5, 5.41) is 8.96. The fourth-order valence-electron chi connectivity index (χ4n) is 1.99. The summed E-state index contributed by atoms with van der Waals surface area (Å²) in [5.74, 6) is 0.877. The van der Waals surface area contributed by atoms with Gasteiger partial charge >= 0.3 is 0 Å². The minimum absolute atomic E-state index is 0.0298. The molecule has 108 valence electrons. The maximum absolute atomic E-state index is 8.96. The quantitative estimate of drug-likeness (QED) is 0.637. The highest BCUT2D eigenvalue weighted by atomic mass is 16.5. The van der Waals surface area contributed by atoms with E-state index in [4.69, 9.17) is 15.6 Å². The van der Waals surface area contributed by atoms with Crippen LogP contribution in [0.15, 0.2) is 24.3 Å². The van der Waals surface area contributed by atoms with Crippen LogP contribution < -0.4 is 10.5 Å². The summed E-state index contributed by atoms with van der Waals surface area (Å²) in [6.07, 6.45) is 7.63. The van der Waals surface area contributed by atoms with E-state index in [9.17, 15) is 0 Å². The Bertz CT molecular complexity index is 324. The number of hydrogen-bond acceptors (Lipinski definition) is 3. The molecule has 1 aromatic rings. The van der Waals surface area contributed by atoms with Gasteiger partial charge in [0.1, 0.15) is 5.75 Å². The van der Waals surface area contributed by atoms with Gasteiger partial charge in [0.2, 0.25) is 0 Å². The minimum Gasteiger partial charge on any atom is -0.494 e. The van der Waals surface area contributed by atoms with Crippen LogP contribution in [0.2, 0.25) is 0 Å². The molecular weight excluding hydrogens is 238 g/mol. The second-order valence-corrected chi connectivity index (χ2v) is 4.97. The zero-order valence-electron chi connectivity index (χ0n) is 12.0. The number of aliphatic hydroxyl groups is 1. The lowest BCUT2D eigenvalue weighted by molar-refractivity contribution is 0.267. The lowest BCUT2D eigenvalue weighted by Gasteiger charge is -2.10. The van der Waals surface area contributed by atoms with Crippen LogP contribution in [0.1, 0.15) is 57.1 Å². The molecule has 0 saturated heterocycles. The topological polar surface area (TPSA) is 55.5 Å². The molecule has 0 aliphatic rings. The number of hydrogen-bond donors (Lipinski definition) is 2. The lowest BCUT2D eigenvalue weighted by Crippen LogP contribution is -2.14. The van der Waals surface area contributed by atoms with E-state index >= 15 is 0 Å². The van der Waals surface area contributed by atoms with Gasteiger partial charge in [-0.2, -0.15) is 0 Å². The fourth-order valence-corrected chi connectivity index (χ4v) is 1.99. The van der Waals surface area contributed by atoms with Crippen LogP contribution in [0.3, 0.4) is 0 Å². The van der Waals surface area contributed by atoms with Crippen LogP contribution in [0.5, 0.6) is 5.75 Å². The van der Waals surface area contributed by atoms with Gasteiger partial charge in [-0.25, -0.2) is 0 Å². The number of unbranched alkanes of at least 4 members (excludes halogenated alkanes) is 5. The van der Waals surface area contributed by atoms with Crippen molar-refractivity contribution in [2.75, 3.05) is 13.2 Å². The molecular formula is C16H27NO2. The molecule has 1 unspecified atom stereocenters. The van der Waals surface area contributed by atoms with E-state index in [1.54, 1.807) is 0 Å². The summed E-state index contributed by atoms with van der Waals surface area (Å²) in [6.45, 7) is 2.98. The maximum Gasteiger partial charge on any atom is 0.119 e. The van der Waals surface area contributed by atoms with Crippen molar-refractivity contribution in [3.63, 3.8) is 0 Å². The molecule has 1 aromatic carbocycles. The third kappa shape index (κ3) is 6.60. The van der Waals surface area contributed by atoms with Gasteiger partial charge < -0.3 is 15.6 Å². The summed E-state index contributed by atoms with van der Waals surface area (Å²) >= 11 is 0. The molecule has 0 spiro atoms. The molecule has 0 aromatic heterocycles. The Morgan fingerprint density at radius 1 is 1.05 bits per heavy atom. The van der Waals surface area contributed by atoms with Crippen molar-refractivity contribution in [1.82, 2.24) is 0 Å². The minimum atomic E-state index is -0.299. The Morgan fingerprint density at radius 2 is 1.68 bits per heavy atom. The predicted molar refractivity (Wildman–Crippen MR) is 79.3 cm³/mol. The fraction of sp³-hybridized carbons (Fsp3) is 0.625. The summed E-state index contributed by atoms with van der Waals surface area (Å²) < 4.78 is 5.68. The van der Waals surface area contributed by atoms with Gasteiger partial charge in [0.25, 0.3) is 0 Å². The molecule has 0 radical (unpaired) electrons. The molecule has 0 bridgehead atoms. The number of ether oxygens (including phenoxy) is 1. The first kappa shape index (κ1) is 16.0. The van der Waals surface area contributed by atoms with Gasteiger partial charge in [-0.15, -0.1) is 0 Å². The first-order valence-corrected chi connectivity index (χ1v) is 7.37. The number of rotatable bonds is 10. The molecule has 0 heterocycles. The van der Waals surface area contributed by atoms with Crippen molar-refractivity contribution < 1.29 is 9.84 Å². The molecule has 0 aliphatic carbocycles. The van der Waals surface area contributed by atoms with Gasteiger partial charge in [-0.3, -0.25) is 0 Å². The van der Waals surface area contributed by atoms with Crippen molar-refractivity contribution in [3.8, 4) is 5.75 Å². The summed E-state index contributed by atoms with van der Waals surface area (Å²) in [5.41, 5.74) is 6.67. The molecule has 0 fully saturated rings. The maximum atomic E-state index is 8.96. The normalized spacial score (nSPS) is 12.4. The molecule has 0 amide bonds. The Morgan fingerprint density at radius 3 is 2.32 bits per heavy atom. The van der Waals surface area contributed by atoms with E-state index in [2.05, 4.69) is 6.92 Å². The Kier molecular flexibility index (Phi) is 8.26. The molecule has 1 rings (SSSR count). The van der Waals surface area contributed by atoms with Crippen molar-refractivity contribution in [2.45, 2.75) is 51.5 Å². The Labute approximate surface area is 116 Å². The summed E-state index contributed by atoms with van der Waals surface area (Å²) in [6, 6.07) is 7.37. The van der Waals surface area contributed by atoms with Gasteiger partial charge in [0.15, 0.2) is 0 Å². The molecule has 1 atom stereocenters. The third-order valence-electron chi connectivity index (χ3n) is 3.27. The Balaban J connectivity index is 2.16. The average molecular weight is 265 g/mol. The summed E-state index contributed by atoms with van der Waals surface area (Å²) in [7, 11) is 0. The first-order valence-electron chi connectivity index (χ1n) is 7.37. The van der Waals surface area contributed by atoms with E-state index in [1.165, 1.54) is 32.1 Å². The molecule has 3 N–H and O–H groups in total. The standard InChI is InChI=1S/C16H27NO2/c1-2-3-4-5-6-7-12-19-15-10-8-14(9-11-15)16(17)13-18/h8-11,16,18H,2-7,12-13,17H2,1H3. The van der Waals surface area contributed by atoms with Crippen molar-refractivity contribution in [2.24, 2.45) is 5.73 Å². The average Bonchev–Trinajstić information content (AvgIpc) is 2.46. The van der Waals surface area contributed by atoms with Crippen LogP contribution in [-0.2, 0) is 0 Å². The molecule has 0 saturated carbocycles. The predicted octanol–water partition coefficient (Wildman–Crippen LogP) is 3.42. The van der Waals surface area contributed by atoms with Crippen LogP contribution in [-0.4, -0.2) is 18.3 Å². The molecule has 19 heavy (non-hydrogen) atoms. The SMILES string of the molecule is CCCCCCCCOc1ccc(C(N)CO)cc1. The molecule has 3 heteroatoms. The van der Waals surface area contributed by atoms with Gasteiger partial charge in [0.05, 0.1) is 19.3 Å². The smallest absolute Gasteiger partial charge is 0.119 e. The number of nitrogens with two attached hydrogens (primary N) is 1. The van der Waals surface area contributed by atoms with Crippen molar-refractivity contribution >= 4 is 0 Å². The van der Waals surface area contributed by atoms with Crippen LogP contribution in [0, 0.1) is 0 Å². The van der Waals surface area contributed by atoms with Gasteiger partial charge in [-0.1, -0.05) is 51.2 Å². The largest absolute Gasteiger partial charge is 0.494 e. The van der Waals surface area contributed by atoms with Crippen LogP contribution in [0.4, 0.5) is 0 Å². The van der Waals surface area contributed by atoms with E-state index in [0.717, 1.165) is 24.3 Å².